The zero-order valence-corrected chi connectivity index (χ0v) is 25.2. The van der Waals surface area contributed by atoms with Crippen LogP contribution in [0.25, 0.3) is 0 Å². The maximum absolute atomic E-state index is 13.4. The number of aryl methyl sites for hydroxylation is 1. The normalized spacial score (nSPS) is 14.8. The number of rotatable bonds is 13. The van der Waals surface area contributed by atoms with Crippen LogP contribution in [-0.2, 0) is 25.7 Å². The number of likely N-dealkylation sites (tertiary alicyclic amines) is 1. The highest BCUT2D eigenvalue weighted by Gasteiger charge is 2.30. The van der Waals surface area contributed by atoms with Crippen molar-refractivity contribution >= 4 is 35.5 Å². The van der Waals surface area contributed by atoms with Gasteiger partial charge in [0.25, 0.3) is 5.91 Å². The van der Waals surface area contributed by atoms with Gasteiger partial charge in [0.15, 0.2) is 5.82 Å². The van der Waals surface area contributed by atoms with Crippen molar-refractivity contribution in [3.8, 4) is 0 Å². The van der Waals surface area contributed by atoms with Gasteiger partial charge in [-0.25, -0.2) is 4.98 Å². The molecule has 2 aromatic carbocycles. The molecule has 0 bridgehead atoms. The largest absolute Gasteiger partial charge is 0.374 e. The predicted molar refractivity (Wildman–Crippen MR) is 165 cm³/mol. The number of ether oxygens (including phenoxy) is 1. The van der Waals surface area contributed by atoms with Gasteiger partial charge < -0.3 is 26.0 Å². The predicted octanol–water partition coefficient (Wildman–Crippen LogP) is 3.47. The molecule has 1 aliphatic rings. The van der Waals surface area contributed by atoms with Crippen LogP contribution in [0.2, 0.25) is 0 Å². The van der Waals surface area contributed by atoms with Crippen LogP contribution in [0.15, 0.2) is 66.9 Å². The summed E-state index contributed by atoms with van der Waals surface area (Å²) in [5, 5.41) is 5.50. The molecule has 1 unspecified atom stereocenters. The average molecular weight is 593 g/mol. The molecule has 2 atom stereocenters. The summed E-state index contributed by atoms with van der Waals surface area (Å²) in [5.41, 5.74) is 6.71. The molecule has 4 rings (SSSR count). The van der Waals surface area contributed by atoms with E-state index in [1.165, 1.54) is 11.9 Å². The maximum Gasteiger partial charge on any atom is 0.250 e. The molecule has 10 nitrogen and oxygen atoms in total. The topological polar surface area (TPSA) is 132 Å². The fourth-order valence-corrected chi connectivity index (χ4v) is 5.61. The number of anilines is 1. The molecule has 0 saturated carbocycles. The minimum absolute atomic E-state index is 0.0473. The fraction of sp³-hybridized carbons (Fsp3) is 0.419. The van der Waals surface area contributed by atoms with Crippen LogP contribution < -0.4 is 16.4 Å². The number of carbonyl (C=O) groups is 3. The van der Waals surface area contributed by atoms with Gasteiger partial charge in [-0.05, 0) is 56.7 Å². The number of nitrogens with one attached hydrogen (secondary N) is 2. The monoisotopic (exact) mass is 592 g/mol. The summed E-state index contributed by atoms with van der Waals surface area (Å²) < 4.78 is 7.63. The molecular weight excluding hydrogens is 552 g/mol. The van der Waals surface area contributed by atoms with E-state index in [1.807, 2.05) is 76.5 Å². The van der Waals surface area contributed by atoms with Crippen molar-refractivity contribution in [3.63, 3.8) is 0 Å². The van der Waals surface area contributed by atoms with Gasteiger partial charge in [0.1, 0.15) is 11.9 Å². The van der Waals surface area contributed by atoms with Gasteiger partial charge in [-0.3, -0.25) is 18.4 Å². The van der Waals surface area contributed by atoms with Crippen LogP contribution in [0, 0.1) is 6.92 Å². The molecule has 1 fully saturated rings. The molecule has 1 aromatic heterocycles. The molecule has 42 heavy (non-hydrogen) atoms. The minimum atomic E-state index is -1.17. The zero-order valence-electron chi connectivity index (χ0n) is 24.4. The number of carbonyl (C=O) groups excluding carboxylic acids is 3. The maximum atomic E-state index is 13.4. The summed E-state index contributed by atoms with van der Waals surface area (Å²) in [6.45, 7) is 6.80. The third kappa shape index (κ3) is 8.67. The molecule has 1 aliphatic heterocycles. The van der Waals surface area contributed by atoms with Gasteiger partial charge >= 0.3 is 0 Å². The van der Waals surface area contributed by atoms with Crippen LogP contribution in [0.4, 0.5) is 5.82 Å². The van der Waals surface area contributed by atoms with Crippen LogP contribution in [0.3, 0.4) is 0 Å². The van der Waals surface area contributed by atoms with Gasteiger partial charge in [0.05, 0.1) is 30.9 Å². The highest BCUT2D eigenvalue weighted by Crippen LogP contribution is 2.27. The van der Waals surface area contributed by atoms with Gasteiger partial charge in [0.2, 0.25) is 11.8 Å². The number of benzene rings is 2. The average Bonchev–Trinajstić information content (AvgIpc) is 3.63. The van der Waals surface area contributed by atoms with Crippen molar-refractivity contribution in [2.75, 3.05) is 30.8 Å². The third-order valence-electron chi connectivity index (χ3n) is 6.99. The van der Waals surface area contributed by atoms with Crippen molar-refractivity contribution in [2.45, 2.75) is 57.7 Å². The van der Waals surface area contributed by atoms with E-state index < -0.39 is 23.4 Å². The first-order valence-corrected chi connectivity index (χ1v) is 15.1. The van der Waals surface area contributed by atoms with Crippen molar-refractivity contribution in [3.05, 3.63) is 83.8 Å². The van der Waals surface area contributed by atoms with E-state index in [4.69, 9.17) is 10.5 Å². The number of amides is 3. The summed E-state index contributed by atoms with van der Waals surface area (Å²) in [4.78, 5) is 45.7. The van der Waals surface area contributed by atoms with Gasteiger partial charge in [-0.1, -0.05) is 60.7 Å². The number of imidazole rings is 1. The van der Waals surface area contributed by atoms with E-state index in [1.54, 1.807) is 20.0 Å². The van der Waals surface area contributed by atoms with E-state index in [9.17, 15) is 14.4 Å². The summed E-state index contributed by atoms with van der Waals surface area (Å²) >= 11 is 1.46. The Labute approximate surface area is 251 Å². The van der Waals surface area contributed by atoms with Gasteiger partial charge in [0, 0.05) is 18.8 Å². The number of hydrogen-bond acceptors (Lipinski definition) is 7. The number of aromatic nitrogens is 2. The standard InChI is InChI=1S/C31H40N6O4S/c1-22-33-27(18-37(22)42-21-25(24-14-8-5-9-15-24)29(39)36-16-10-11-17-36)35-28(38)26(34-30(40)31(2,3)32)20-41-19-23-12-6-4-7-13-23/h4-9,12-15,18,25-26H,10-11,16-17,19-21,32H2,1-3H3,(H,34,40)(H,35,38)/t25?,26-/m1/s1. The second kappa shape index (κ2) is 14.5. The quantitative estimate of drug-likeness (QED) is 0.277. The Bertz CT molecular complexity index is 1340. The molecule has 0 aliphatic carbocycles. The fourth-order valence-electron chi connectivity index (χ4n) is 4.57. The second-order valence-electron chi connectivity index (χ2n) is 11.0. The smallest absolute Gasteiger partial charge is 0.250 e. The molecule has 1 saturated heterocycles. The molecule has 3 aromatic rings. The highest BCUT2D eigenvalue weighted by molar-refractivity contribution is 7.97. The SMILES string of the molecule is Cc1nc(NC(=O)[C@@H](COCc2ccccc2)NC(=O)C(C)(C)N)cn1SCC(C(=O)N1CCCC1)c1ccccc1. The first-order chi connectivity index (χ1) is 20.1. The Balaban J connectivity index is 1.42. The van der Waals surface area contributed by atoms with E-state index in [0.29, 0.717) is 17.4 Å². The number of nitrogens with zero attached hydrogens (tertiary/aromatic N) is 3. The van der Waals surface area contributed by atoms with E-state index in [0.717, 1.165) is 37.1 Å². The third-order valence-corrected chi connectivity index (χ3v) is 8.12. The first-order valence-electron chi connectivity index (χ1n) is 14.2. The van der Waals surface area contributed by atoms with Crippen molar-refractivity contribution < 1.29 is 19.1 Å². The molecule has 0 radical (unpaired) electrons. The van der Waals surface area contributed by atoms with Crippen LogP contribution in [-0.4, -0.2) is 68.6 Å². The van der Waals surface area contributed by atoms with Crippen LogP contribution in [0.1, 0.15) is 49.6 Å². The summed E-state index contributed by atoms with van der Waals surface area (Å²) in [6.07, 6.45) is 3.79. The molecule has 11 heteroatoms. The van der Waals surface area contributed by atoms with Crippen LogP contribution in [0.5, 0.6) is 0 Å². The lowest BCUT2D eigenvalue weighted by Gasteiger charge is -2.23. The zero-order chi connectivity index (χ0) is 30.1. The number of nitrogens with two attached hydrogens (primary N) is 1. The van der Waals surface area contributed by atoms with Gasteiger partial charge in [-0.15, -0.1) is 0 Å². The van der Waals surface area contributed by atoms with Crippen molar-refractivity contribution in [1.82, 2.24) is 19.2 Å². The Hall–Kier alpha value is -3.67. The molecule has 2 heterocycles. The Morgan fingerprint density at radius 2 is 1.69 bits per heavy atom. The minimum Gasteiger partial charge on any atom is -0.374 e. The van der Waals surface area contributed by atoms with E-state index >= 15 is 0 Å². The lowest BCUT2D eigenvalue weighted by atomic mass is 10.00. The molecular formula is C31H40N6O4S. The van der Waals surface area contributed by atoms with Crippen molar-refractivity contribution in [2.24, 2.45) is 5.73 Å². The van der Waals surface area contributed by atoms with Gasteiger partial charge in [-0.2, -0.15) is 0 Å². The Morgan fingerprint density at radius 1 is 1.05 bits per heavy atom. The van der Waals surface area contributed by atoms with Crippen LogP contribution >= 0.6 is 11.9 Å². The second-order valence-corrected chi connectivity index (χ2v) is 12.0. The molecule has 3 amide bonds. The summed E-state index contributed by atoms with van der Waals surface area (Å²) in [7, 11) is 0. The lowest BCUT2D eigenvalue weighted by molar-refractivity contribution is -0.131. The number of hydrogen-bond donors (Lipinski definition) is 3. The molecule has 0 spiro atoms. The van der Waals surface area contributed by atoms with Crippen molar-refractivity contribution in [1.29, 1.82) is 0 Å². The Kier molecular flexibility index (Phi) is 10.8. The molecule has 4 N–H and O–H groups in total. The highest BCUT2D eigenvalue weighted by atomic mass is 32.2. The first kappa shape index (κ1) is 31.3. The lowest BCUT2D eigenvalue weighted by Crippen LogP contribution is -2.56. The Morgan fingerprint density at radius 3 is 2.33 bits per heavy atom. The molecule has 224 valence electrons. The van der Waals surface area contributed by atoms with E-state index in [2.05, 4.69) is 15.6 Å². The van der Waals surface area contributed by atoms with E-state index in [-0.39, 0.29) is 25.0 Å². The summed E-state index contributed by atoms with van der Waals surface area (Å²) in [6, 6.07) is 18.4. The summed E-state index contributed by atoms with van der Waals surface area (Å²) in [5.74, 6) is 0.409.